The molecule has 0 fully saturated rings. The third-order valence-electron chi connectivity index (χ3n) is 4.74. The van der Waals surface area contributed by atoms with Crippen molar-refractivity contribution in [3.8, 4) is 23.1 Å². The maximum atomic E-state index is 12.3. The zero-order valence-electron chi connectivity index (χ0n) is 17.6. The number of nitrogens with zero attached hydrogens (tertiary/aromatic N) is 3. The summed E-state index contributed by atoms with van der Waals surface area (Å²) in [4.78, 5) is 16.2. The molecule has 33 heavy (non-hydrogen) atoms. The third kappa shape index (κ3) is 5.15. The molecule has 0 saturated carbocycles. The van der Waals surface area contributed by atoms with Crippen LogP contribution in [-0.4, -0.2) is 33.3 Å². The quantitative estimate of drug-likeness (QED) is 0.441. The summed E-state index contributed by atoms with van der Waals surface area (Å²) in [5.74, 6) is 6.81. The van der Waals surface area contributed by atoms with E-state index in [0.717, 1.165) is 28.1 Å². The van der Waals surface area contributed by atoms with Gasteiger partial charge in [-0.25, -0.2) is 9.78 Å². The van der Waals surface area contributed by atoms with Gasteiger partial charge >= 0.3 is 12.2 Å². The molecule has 0 saturated heterocycles. The zero-order chi connectivity index (χ0) is 23.6. The van der Waals surface area contributed by atoms with Crippen LogP contribution in [0.15, 0.2) is 53.3 Å². The first-order valence-corrected chi connectivity index (χ1v) is 9.84. The fraction of sp³-hybridized carbons (Fsp3) is 0.174. The van der Waals surface area contributed by atoms with Gasteiger partial charge in [-0.05, 0) is 38.1 Å². The number of aryl methyl sites for hydroxylation is 2. The van der Waals surface area contributed by atoms with Crippen molar-refractivity contribution in [2.45, 2.75) is 20.0 Å². The number of hydrogen-bond acceptors (Lipinski definition) is 4. The Morgan fingerprint density at radius 2 is 2.00 bits per heavy atom. The van der Waals surface area contributed by atoms with Gasteiger partial charge in [-0.3, -0.25) is 4.40 Å². The number of urea groups is 1. The SMILES string of the molecule is Cc1noc(C)c1C#Cc1ccn2c(-c3cccc(NC(=O)NCC(F)(F)F)c3)cnc2c1. The number of halogens is 3. The first kappa shape index (κ1) is 22.0. The summed E-state index contributed by atoms with van der Waals surface area (Å²) < 4.78 is 43.8. The second-order valence-electron chi connectivity index (χ2n) is 7.24. The van der Waals surface area contributed by atoms with Crippen molar-refractivity contribution in [3.63, 3.8) is 0 Å². The number of fused-ring (bicyclic) bond motifs is 1. The minimum atomic E-state index is -4.48. The van der Waals surface area contributed by atoms with E-state index in [9.17, 15) is 18.0 Å². The van der Waals surface area contributed by atoms with Crippen molar-refractivity contribution < 1.29 is 22.5 Å². The van der Waals surface area contributed by atoms with Crippen molar-refractivity contribution in [3.05, 3.63) is 71.4 Å². The number of benzene rings is 1. The summed E-state index contributed by atoms with van der Waals surface area (Å²) in [6, 6.07) is 9.48. The van der Waals surface area contributed by atoms with Crippen molar-refractivity contribution in [2.24, 2.45) is 0 Å². The van der Waals surface area contributed by atoms with Gasteiger partial charge in [0.05, 0.1) is 23.1 Å². The van der Waals surface area contributed by atoms with Crippen LogP contribution in [-0.2, 0) is 0 Å². The highest BCUT2D eigenvalue weighted by Crippen LogP contribution is 2.24. The van der Waals surface area contributed by atoms with E-state index < -0.39 is 18.8 Å². The number of imidazole rings is 1. The fourth-order valence-corrected chi connectivity index (χ4v) is 3.18. The van der Waals surface area contributed by atoms with Gasteiger partial charge in [0.1, 0.15) is 18.0 Å². The van der Waals surface area contributed by atoms with Crippen molar-refractivity contribution >= 4 is 17.4 Å². The number of anilines is 1. The molecule has 3 aromatic heterocycles. The first-order valence-electron chi connectivity index (χ1n) is 9.84. The lowest BCUT2D eigenvalue weighted by molar-refractivity contribution is -0.122. The molecule has 0 spiro atoms. The number of amides is 2. The predicted molar refractivity (Wildman–Crippen MR) is 116 cm³/mol. The lowest BCUT2D eigenvalue weighted by atomic mass is 10.1. The molecule has 0 aliphatic rings. The molecule has 168 valence electrons. The Morgan fingerprint density at radius 1 is 1.18 bits per heavy atom. The molecule has 10 heteroatoms. The largest absolute Gasteiger partial charge is 0.405 e. The Bertz CT molecular complexity index is 1370. The molecule has 0 unspecified atom stereocenters. The lowest BCUT2D eigenvalue weighted by Gasteiger charge is -2.10. The number of aromatic nitrogens is 3. The highest BCUT2D eigenvalue weighted by Gasteiger charge is 2.27. The van der Waals surface area contributed by atoms with E-state index in [1.807, 2.05) is 35.7 Å². The van der Waals surface area contributed by atoms with Gasteiger partial charge in [0.2, 0.25) is 0 Å². The Balaban J connectivity index is 1.55. The van der Waals surface area contributed by atoms with E-state index in [0.29, 0.717) is 17.1 Å². The molecule has 0 bridgehead atoms. The van der Waals surface area contributed by atoms with Crippen LogP contribution < -0.4 is 10.6 Å². The van der Waals surface area contributed by atoms with E-state index in [1.165, 1.54) is 0 Å². The van der Waals surface area contributed by atoms with Gasteiger partial charge in [0.15, 0.2) is 0 Å². The van der Waals surface area contributed by atoms with Crippen LogP contribution in [0.4, 0.5) is 23.7 Å². The van der Waals surface area contributed by atoms with Gasteiger partial charge < -0.3 is 15.2 Å². The molecular weight excluding hydrogens is 435 g/mol. The third-order valence-corrected chi connectivity index (χ3v) is 4.74. The highest BCUT2D eigenvalue weighted by molar-refractivity contribution is 5.90. The molecule has 3 heterocycles. The molecule has 4 aromatic rings. The molecule has 4 rings (SSSR count). The first-order chi connectivity index (χ1) is 15.7. The number of carbonyl (C=O) groups excluding carboxylic acids is 1. The van der Waals surface area contributed by atoms with Crippen LogP contribution in [0.2, 0.25) is 0 Å². The van der Waals surface area contributed by atoms with Crippen LogP contribution in [0.3, 0.4) is 0 Å². The fourth-order valence-electron chi connectivity index (χ4n) is 3.18. The lowest BCUT2D eigenvalue weighted by Crippen LogP contribution is -2.36. The maximum Gasteiger partial charge on any atom is 0.405 e. The Hall–Kier alpha value is -4.26. The number of rotatable bonds is 3. The highest BCUT2D eigenvalue weighted by atomic mass is 19.4. The minimum Gasteiger partial charge on any atom is -0.360 e. The number of pyridine rings is 1. The predicted octanol–water partition coefficient (Wildman–Crippen LogP) is 4.69. The van der Waals surface area contributed by atoms with E-state index in [1.54, 1.807) is 36.6 Å². The molecule has 2 amide bonds. The number of alkyl halides is 3. The monoisotopic (exact) mass is 453 g/mol. The average Bonchev–Trinajstić information content (AvgIpc) is 3.33. The van der Waals surface area contributed by atoms with Crippen LogP contribution in [0, 0.1) is 25.7 Å². The molecular formula is C23H18F3N5O2. The molecule has 0 aliphatic carbocycles. The molecule has 0 atom stereocenters. The van der Waals surface area contributed by atoms with Crippen molar-refractivity contribution in [1.29, 1.82) is 0 Å². The van der Waals surface area contributed by atoms with Gasteiger partial charge in [-0.1, -0.05) is 29.1 Å². The average molecular weight is 453 g/mol. The van der Waals surface area contributed by atoms with Crippen LogP contribution in [0.25, 0.3) is 16.9 Å². The second-order valence-corrected chi connectivity index (χ2v) is 7.24. The summed E-state index contributed by atoms with van der Waals surface area (Å²) in [6.45, 7) is 2.22. The van der Waals surface area contributed by atoms with Crippen molar-refractivity contribution in [1.82, 2.24) is 19.9 Å². The van der Waals surface area contributed by atoms with Gasteiger partial charge in [-0.2, -0.15) is 13.2 Å². The summed E-state index contributed by atoms with van der Waals surface area (Å²) in [6.07, 6.45) is -0.985. The maximum absolute atomic E-state index is 12.3. The van der Waals surface area contributed by atoms with Gasteiger partial charge in [0.25, 0.3) is 0 Å². The van der Waals surface area contributed by atoms with E-state index in [4.69, 9.17) is 4.52 Å². The van der Waals surface area contributed by atoms with Crippen LogP contribution in [0.5, 0.6) is 0 Å². The molecule has 1 aromatic carbocycles. The number of nitrogens with one attached hydrogen (secondary N) is 2. The zero-order valence-corrected chi connectivity index (χ0v) is 17.6. The van der Waals surface area contributed by atoms with Gasteiger partial charge in [0, 0.05) is 23.0 Å². The summed E-state index contributed by atoms with van der Waals surface area (Å²) in [7, 11) is 0. The summed E-state index contributed by atoms with van der Waals surface area (Å²) >= 11 is 0. The number of carbonyl (C=O) groups is 1. The Kier molecular flexibility index (Phi) is 5.79. The smallest absolute Gasteiger partial charge is 0.360 e. The molecule has 0 radical (unpaired) electrons. The van der Waals surface area contributed by atoms with E-state index in [2.05, 4.69) is 27.3 Å². The summed E-state index contributed by atoms with van der Waals surface area (Å²) in [5.41, 5.74) is 4.73. The van der Waals surface area contributed by atoms with Crippen LogP contribution in [0.1, 0.15) is 22.6 Å². The normalized spacial score (nSPS) is 11.2. The molecule has 2 N–H and O–H groups in total. The van der Waals surface area contributed by atoms with Crippen molar-refractivity contribution in [2.75, 3.05) is 11.9 Å². The van der Waals surface area contributed by atoms with Crippen LogP contribution >= 0.6 is 0 Å². The topological polar surface area (TPSA) is 84.5 Å². The molecule has 0 aliphatic heterocycles. The number of hydrogen-bond donors (Lipinski definition) is 2. The van der Waals surface area contributed by atoms with E-state index in [-0.39, 0.29) is 0 Å². The Morgan fingerprint density at radius 3 is 2.73 bits per heavy atom. The second kappa shape index (κ2) is 8.70. The Labute approximate surface area is 186 Å². The molecule has 7 nitrogen and oxygen atoms in total. The minimum absolute atomic E-state index is 0.351. The van der Waals surface area contributed by atoms with E-state index >= 15 is 0 Å². The van der Waals surface area contributed by atoms with Gasteiger partial charge in [-0.15, -0.1) is 0 Å². The standard InChI is InChI=1S/C23H18F3N5O2/c1-14-19(15(2)33-30-14)7-6-16-8-9-31-20(12-27-21(31)10-16)17-4-3-5-18(11-17)29-22(32)28-13-23(24,25)26/h3-5,8-12H,13H2,1-2H3,(H2,28,29,32). The summed E-state index contributed by atoms with van der Waals surface area (Å²) in [5, 5.41) is 8.06.